The van der Waals surface area contributed by atoms with Gasteiger partial charge in [0, 0.05) is 17.9 Å². The van der Waals surface area contributed by atoms with Crippen molar-refractivity contribution >= 4 is 27.2 Å². The number of hydrogen-bond donors (Lipinski definition) is 0. The first kappa shape index (κ1) is 15.7. The van der Waals surface area contributed by atoms with E-state index >= 15 is 0 Å². The van der Waals surface area contributed by atoms with Crippen LogP contribution in [-0.4, -0.2) is 27.8 Å². The van der Waals surface area contributed by atoms with Crippen LogP contribution in [0.4, 0.5) is 0 Å². The number of nitrogens with zero attached hydrogens (tertiary/aromatic N) is 1. The zero-order valence-electron chi connectivity index (χ0n) is 13.2. The van der Waals surface area contributed by atoms with Gasteiger partial charge in [-0.05, 0) is 24.3 Å². The molecule has 2 heterocycles. The molecule has 0 aliphatic carbocycles. The van der Waals surface area contributed by atoms with Crippen molar-refractivity contribution < 1.29 is 22.3 Å². The van der Waals surface area contributed by atoms with E-state index in [1.807, 2.05) is 24.3 Å². The standard InChI is InChI=1S/C18H15NO5S/c20-25(21,15-6-7-17-18(11-15)23-9-3-8-22-17)19-12-14-10-13-4-1-2-5-16(13)24-14/h1-2,4-7,10-12H,3,8-9H2/b19-12+. The first-order valence-electron chi connectivity index (χ1n) is 7.80. The topological polar surface area (TPSA) is 78.1 Å². The van der Waals surface area contributed by atoms with Gasteiger partial charge in [0.15, 0.2) is 11.5 Å². The fourth-order valence-corrected chi connectivity index (χ4v) is 3.41. The van der Waals surface area contributed by atoms with E-state index in [1.54, 1.807) is 12.1 Å². The van der Waals surface area contributed by atoms with E-state index in [4.69, 9.17) is 13.9 Å². The van der Waals surface area contributed by atoms with Crippen LogP contribution < -0.4 is 9.47 Å². The Labute approximate surface area is 144 Å². The van der Waals surface area contributed by atoms with Crippen molar-refractivity contribution in [2.75, 3.05) is 13.2 Å². The summed E-state index contributed by atoms with van der Waals surface area (Å²) in [5.74, 6) is 1.33. The molecule has 1 aromatic heterocycles. The van der Waals surface area contributed by atoms with Crippen LogP contribution in [0.5, 0.6) is 11.5 Å². The summed E-state index contributed by atoms with van der Waals surface area (Å²) in [5, 5.41) is 0.886. The summed E-state index contributed by atoms with van der Waals surface area (Å²) in [6.07, 6.45) is 1.96. The van der Waals surface area contributed by atoms with E-state index < -0.39 is 10.0 Å². The molecule has 0 amide bonds. The average Bonchev–Trinajstić information content (AvgIpc) is 2.89. The lowest BCUT2D eigenvalue weighted by Crippen LogP contribution is -1.99. The van der Waals surface area contributed by atoms with Gasteiger partial charge < -0.3 is 13.9 Å². The molecule has 128 valence electrons. The van der Waals surface area contributed by atoms with Gasteiger partial charge in [-0.1, -0.05) is 18.2 Å². The van der Waals surface area contributed by atoms with E-state index in [0.717, 1.165) is 11.8 Å². The van der Waals surface area contributed by atoms with Crippen LogP contribution >= 0.6 is 0 Å². The largest absolute Gasteiger partial charge is 0.490 e. The van der Waals surface area contributed by atoms with Crippen LogP contribution in [0.2, 0.25) is 0 Å². The summed E-state index contributed by atoms with van der Waals surface area (Å²) < 4.78 is 45.2. The molecule has 7 heteroatoms. The Hall–Kier alpha value is -2.80. The number of ether oxygens (including phenoxy) is 2. The van der Waals surface area contributed by atoms with Gasteiger partial charge in [-0.15, -0.1) is 0 Å². The van der Waals surface area contributed by atoms with Crippen LogP contribution in [0, 0.1) is 0 Å². The summed E-state index contributed by atoms with van der Waals surface area (Å²) in [6, 6.07) is 13.6. The molecule has 0 saturated carbocycles. The highest BCUT2D eigenvalue weighted by Gasteiger charge is 2.18. The second-order valence-electron chi connectivity index (χ2n) is 5.56. The molecular formula is C18H15NO5S. The lowest BCUT2D eigenvalue weighted by molar-refractivity contribution is 0.297. The van der Waals surface area contributed by atoms with Crippen LogP contribution in [0.1, 0.15) is 12.2 Å². The van der Waals surface area contributed by atoms with Crippen LogP contribution in [0.15, 0.2) is 62.2 Å². The number of fused-ring (bicyclic) bond motifs is 2. The maximum absolute atomic E-state index is 12.5. The number of hydrogen-bond acceptors (Lipinski definition) is 5. The minimum absolute atomic E-state index is 0.0455. The summed E-state index contributed by atoms with van der Waals surface area (Å²) in [6.45, 7) is 1.03. The molecule has 6 nitrogen and oxygen atoms in total. The van der Waals surface area contributed by atoms with Crippen molar-refractivity contribution in [3.8, 4) is 11.5 Å². The van der Waals surface area contributed by atoms with Crippen molar-refractivity contribution in [2.45, 2.75) is 11.3 Å². The number of rotatable bonds is 3. The lowest BCUT2D eigenvalue weighted by Gasteiger charge is -2.08. The van der Waals surface area contributed by atoms with Gasteiger partial charge in [-0.3, -0.25) is 0 Å². The van der Waals surface area contributed by atoms with Gasteiger partial charge in [0.1, 0.15) is 11.3 Å². The Morgan fingerprint density at radius 3 is 2.60 bits per heavy atom. The third-order valence-electron chi connectivity index (χ3n) is 3.78. The SMILES string of the molecule is O=S(=O)(/N=C/c1cc2ccccc2o1)c1ccc2c(c1)OCCCO2. The Bertz CT molecular complexity index is 1020. The van der Waals surface area contributed by atoms with Gasteiger partial charge in [-0.25, -0.2) is 0 Å². The second-order valence-corrected chi connectivity index (χ2v) is 7.19. The van der Waals surface area contributed by atoms with Gasteiger partial charge in [0.05, 0.1) is 24.3 Å². The summed E-state index contributed by atoms with van der Waals surface area (Å²) in [4.78, 5) is 0.0455. The van der Waals surface area contributed by atoms with E-state index in [9.17, 15) is 8.42 Å². The smallest absolute Gasteiger partial charge is 0.282 e. The minimum atomic E-state index is -3.87. The van der Waals surface area contributed by atoms with Crippen molar-refractivity contribution in [3.05, 3.63) is 54.3 Å². The molecular weight excluding hydrogens is 342 g/mol. The predicted molar refractivity (Wildman–Crippen MR) is 93.0 cm³/mol. The average molecular weight is 357 g/mol. The van der Waals surface area contributed by atoms with Crippen LogP contribution in [0.25, 0.3) is 11.0 Å². The van der Waals surface area contributed by atoms with Crippen molar-refractivity contribution in [2.24, 2.45) is 4.40 Å². The molecule has 1 aliphatic heterocycles. The molecule has 0 fully saturated rings. The fraction of sp³-hybridized carbons (Fsp3) is 0.167. The molecule has 0 N–H and O–H groups in total. The molecule has 0 spiro atoms. The molecule has 3 aromatic rings. The monoisotopic (exact) mass is 357 g/mol. The summed E-state index contributed by atoms with van der Waals surface area (Å²) in [7, 11) is -3.87. The first-order chi connectivity index (χ1) is 12.1. The van der Waals surface area contributed by atoms with Crippen LogP contribution in [0.3, 0.4) is 0 Å². The molecule has 0 atom stereocenters. The Morgan fingerprint density at radius 2 is 1.76 bits per heavy atom. The zero-order chi connectivity index (χ0) is 17.3. The van der Waals surface area contributed by atoms with E-state index in [2.05, 4.69) is 4.40 Å². The highest BCUT2D eigenvalue weighted by Crippen LogP contribution is 2.32. The van der Waals surface area contributed by atoms with E-state index in [-0.39, 0.29) is 4.90 Å². The van der Waals surface area contributed by atoms with Gasteiger partial charge in [0.2, 0.25) is 0 Å². The molecule has 0 saturated heterocycles. The van der Waals surface area contributed by atoms with E-state index in [0.29, 0.717) is 36.1 Å². The molecule has 0 unspecified atom stereocenters. The second kappa shape index (κ2) is 6.25. The Balaban J connectivity index is 1.64. The normalized spacial score (nSPS) is 14.7. The number of para-hydroxylation sites is 1. The summed E-state index contributed by atoms with van der Waals surface area (Å²) >= 11 is 0. The van der Waals surface area contributed by atoms with Crippen molar-refractivity contribution in [1.29, 1.82) is 0 Å². The molecule has 0 bridgehead atoms. The molecule has 4 rings (SSSR count). The molecule has 0 radical (unpaired) electrons. The first-order valence-corrected chi connectivity index (χ1v) is 9.24. The maximum atomic E-state index is 12.5. The van der Waals surface area contributed by atoms with Gasteiger partial charge >= 0.3 is 0 Å². The third kappa shape index (κ3) is 3.23. The molecule has 25 heavy (non-hydrogen) atoms. The lowest BCUT2D eigenvalue weighted by atomic mass is 10.2. The summed E-state index contributed by atoms with van der Waals surface area (Å²) in [5.41, 5.74) is 0.678. The van der Waals surface area contributed by atoms with Crippen molar-refractivity contribution in [3.63, 3.8) is 0 Å². The predicted octanol–water partition coefficient (Wildman–Crippen LogP) is 3.40. The highest BCUT2D eigenvalue weighted by atomic mass is 32.2. The van der Waals surface area contributed by atoms with Crippen molar-refractivity contribution in [1.82, 2.24) is 0 Å². The van der Waals surface area contributed by atoms with Gasteiger partial charge in [0.25, 0.3) is 10.0 Å². The third-order valence-corrected chi connectivity index (χ3v) is 5.01. The fourth-order valence-electron chi connectivity index (χ4n) is 2.55. The minimum Gasteiger partial charge on any atom is -0.490 e. The zero-order valence-corrected chi connectivity index (χ0v) is 14.0. The molecule has 2 aromatic carbocycles. The number of benzene rings is 2. The quantitative estimate of drug-likeness (QED) is 0.671. The Morgan fingerprint density at radius 1 is 0.960 bits per heavy atom. The van der Waals surface area contributed by atoms with E-state index in [1.165, 1.54) is 18.3 Å². The maximum Gasteiger partial charge on any atom is 0.282 e. The number of sulfonamides is 1. The number of furan rings is 1. The van der Waals surface area contributed by atoms with Crippen LogP contribution in [-0.2, 0) is 10.0 Å². The molecule has 1 aliphatic rings. The van der Waals surface area contributed by atoms with Gasteiger partial charge in [-0.2, -0.15) is 12.8 Å². The Kier molecular flexibility index (Phi) is 3.93. The highest BCUT2D eigenvalue weighted by molar-refractivity contribution is 7.90.